The highest BCUT2D eigenvalue weighted by Gasteiger charge is 2.42. The number of imidazole rings is 1. The molecule has 22 heteroatoms. The van der Waals surface area contributed by atoms with Gasteiger partial charge in [0.25, 0.3) is 5.56 Å². The van der Waals surface area contributed by atoms with Crippen molar-refractivity contribution in [3.8, 4) is 0 Å². The Bertz CT molecular complexity index is 1670. The molecule has 0 aliphatic carbocycles. The molecule has 4 heterocycles. The number of nitrogen functional groups attached to an aromatic ring is 2. The van der Waals surface area contributed by atoms with Gasteiger partial charge in [0.05, 0.1) is 25.1 Å². The molecule has 0 radical (unpaired) electrons. The maximum absolute atomic E-state index is 12.2. The minimum atomic E-state index is -3.94. The number of aliphatic hydroxyl groups is 1. The van der Waals surface area contributed by atoms with Crippen molar-refractivity contribution in [3.05, 3.63) is 38.9 Å². The van der Waals surface area contributed by atoms with Crippen LogP contribution in [0.15, 0.2) is 22.1 Å². The summed E-state index contributed by atoms with van der Waals surface area (Å²) in [5.41, 5.74) is 10.7. The Morgan fingerprint density at radius 3 is 2.67 bits per heavy atom. The number of hydrogen-bond donors (Lipinski definition) is 6. The summed E-state index contributed by atoms with van der Waals surface area (Å²) in [5.74, 6) is -0.0850. The van der Waals surface area contributed by atoms with E-state index in [0.717, 1.165) is 4.57 Å². The average molecular weight is 669 g/mol. The van der Waals surface area contributed by atoms with Crippen LogP contribution in [0.4, 0.5) is 11.8 Å². The number of rotatable bonds is 12. The highest BCUT2D eigenvalue weighted by atomic mass is 32.5. The lowest BCUT2D eigenvalue weighted by Gasteiger charge is -2.26. The van der Waals surface area contributed by atoms with Gasteiger partial charge in [-0.1, -0.05) is 0 Å². The van der Waals surface area contributed by atoms with Crippen LogP contribution in [0.3, 0.4) is 0 Å². The van der Waals surface area contributed by atoms with Crippen molar-refractivity contribution in [3.63, 3.8) is 0 Å². The number of aromatic amines is 1. The van der Waals surface area contributed by atoms with E-state index < -0.39 is 55.5 Å². The van der Waals surface area contributed by atoms with Gasteiger partial charge in [-0.3, -0.25) is 18.9 Å². The van der Waals surface area contributed by atoms with E-state index >= 15 is 0 Å². The van der Waals surface area contributed by atoms with Crippen LogP contribution in [0.25, 0.3) is 11.2 Å². The monoisotopic (exact) mass is 668 g/mol. The molecule has 4 rings (SSSR count). The number of hydrogen-bond acceptors (Lipinski definition) is 15. The van der Waals surface area contributed by atoms with E-state index in [1.54, 1.807) is 6.92 Å². The van der Waals surface area contributed by atoms with Crippen molar-refractivity contribution in [2.75, 3.05) is 25.2 Å². The average Bonchev–Trinajstić information content (AvgIpc) is 3.48. The van der Waals surface area contributed by atoms with Gasteiger partial charge in [0, 0.05) is 31.7 Å². The van der Waals surface area contributed by atoms with Crippen LogP contribution in [0.2, 0.25) is 0 Å². The molecule has 3 aromatic heterocycles. The Morgan fingerprint density at radius 1 is 1.26 bits per heavy atom. The van der Waals surface area contributed by atoms with Crippen LogP contribution >= 0.6 is 13.4 Å². The molecule has 0 bridgehead atoms. The fraction of sp³-hybridized carbons (Fsp3) is 0.550. The summed E-state index contributed by atoms with van der Waals surface area (Å²) in [6, 6.07) is 0. The fourth-order valence-electron chi connectivity index (χ4n) is 4.17. The van der Waals surface area contributed by atoms with Gasteiger partial charge in [0.1, 0.15) is 24.4 Å². The number of fused-ring (bicyclic) bond motifs is 1. The Labute approximate surface area is 248 Å². The van der Waals surface area contributed by atoms with Gasteiger partial charge in [-0.15, -0.1) is 0 Å². The summed E-state index contributed by atoms with van der Waals surface area (Å²) in [5, 5.41) is 10.5. The van der Waals surface area contributed by atoms with Gasteiger partial charge < -0.3 is 49.2 Å². The Morgan fingerprint density at radius 2 is 1.98 bits per heavy atom. The topological polar surface area (TPSA) is 257 Å². The molecule has 18 nitrogen and oxygen atoms in total. The Kier molecular flexibility index (Phi) is 9.98. The molecule has 3 aromatic rings. The summed E-state index contributed by atoms with van der Waals surface area (Å²) in [7, 11) is 1.19. The second kappa shape index (κ2) is 12.8. The minimum Gasteiger partial charge on any atom is -0.383 e. The van der Waals surface area contributed by atoms with E-state index in [0.29, 0.717) is 5.56 Å². The maximum Gasteiger partial charge on any atom is 0.351 e. The number of ether oxygens (including phenoxy) is 1. The van der Waals surface area contributed by atoms with Crippen LogP contribution in [-0.2, 0) is 46.4 Å². The second-order valence-electron chi connectivity index (χ2n) is 9.33. The zero-order valence-electron chi connectivity index (χ0n) is 22.5. The molecular formula is C20H30N8O10P2S2. The lowest BCUT2D eigenvalue weighted by atomic mass is 10.2. The molecule has 1 aliphatic heterocycles. The molecule has 0 aromatic carbocycles. The third-order valence-corrected chi connectivity index (χ3v) is 9.57. The van der Waals surface area contributed by atoms with E-state index in [2.05, 4.69) is 19.9 Å². The van der Waals surface area contributed by atoms with Gasteiger partial charge in [-0.25, -0.2) is 9.78 Å². The number of aryl methyl sites for hydroxylation is 1. The van der Waals surface area contributed by atoms with Gasteiger partial charge in [0.15, 0.2) is 11.2 Å². The van der Waals surface area contributed by atoms with Gasteiger partial charge >= 0.3 is 19.1 Å². The van der Waals surface area contributed by atoms with Crippen LogP contribution in [0.5, 0.6) is 0 Å². The van der Waals surface area contributed by atoms with Crippen molar-refractivity contribution in [1.82, 2.24) is 29.1 Å². The molecule has 0 amide bonds. The third-order valence-electron chi connectivity index (χ3n) is 6.19. The SMILES string of the molecule is COP(O)(=S)OC1C[C@H](n2cnc3c(=O)[nH]c(N)nc32)O[C@@H]1COP(O)(=S)OC(C)C[C@@H](O)n1cc(C)c(N)nc1=O. The smallest absolute Gasteiger partial charge is 0.351 e. The standard InChI is InChI=1S/C20H30N8O10P2S2/c1-9-6-27(20(31)24-16(9)21)13(29)4-10(2)37-40(33,42)35-7-12-11(38-39(32,41)34-3)5-14(36-12)28-8-23-15-17(28)25-19(22)26-18(15)30/h6,8,10-14,29H,4-5,7H2,1-3H3,(H,32,41)(H,33,42)(H2,21,24,31)(H3,22,25,26,30)/t10?,11?,12-,13-,14-,39?,40?/m1/s1. The number of H-pyrrole nitrogens is 1. The van der Waals surface area contributed by atoms with Crippen LogP contribution in [-0.4, -0.2) is 76.0 Å². The molecule has 7 atom stereocenters. The number of nitrogens with two attached hydrogens (primary N) is 2. The van der Waals surface area contributed by atoms with E-state index in [-0.39, 0.29) is 42.4 Å². The largest absolute Gasteiger partial charge is 0.383 e. The van der Waals surface area contributed by atoms with Gasteiger partial charge in [-0.2, -0.15) is 9.97 Å². The third kappa shape index (κ3) is 7.65. The Hall–Kier alpha value is -2.19. The zero-order chi connectivity index (χ0) is 31.0. The number of nitrogens with one attached hydrogen (secondary N) is 1. The number of aromatic nitrogens is 6. The highest BCUT2D eigenvalue weighted by Crippen LogP contribution is 2.50. The minimum absolute atomic E-state index is 0.0248. The molecule has 232 valence electrons. The van der Waals surface area contributed by atoms with Gasteiger partial charge in [-0.05, 0) is 37.5 Å². The van der Waals surface area contributed by atoms with Crippen molar-refractivity contribution in [2.45, 2.75) is 57.5 Å². The first-order valence-corrected chi connectivity index (χ1v) is 17.4. The molecular weight excluding hydrogens is 638 g/mol. The maximum atomic E-state index is 12.2. The first kappa shape index (κ1) is 32.7. The normalized spacial score (nSPS) is 23.4. The summed E-state index contributed by atoms with van der Waals surface area (Å²) in [6.45, 7) is -4.83. The quantitative estimate of drug-likeness (QED) is 0.138. The van der Waals surface area contributed by atoms with Crippen molar-refractivity contribution in [1.29, 1.82) is 0 Å². The van der Waals surface area contributed by atoms with Gasteiger partial charge in [0.2, 0.25) is 5.95 Å². The molecule has 0 spiro atoms. The number of aliphatic hydroxyl groups excluding tert-OH is 1. The number of nitrogens with zero attached hydrogens (tertiary/aromatic N) is 5. The molecule has 8 N–H and O–H groups in total. The predicted octanol–water partition coefficient (Wildman–Crippen LogP) is -0.0953. The predicted molar refractivity (Wildman–Crippen MR) is 156 cm³/mol. The second-order valence-corrected chi connectivity index (χ2v) is 15.0. The Balaban J connectivity index is 1.45. The first-order chi connectivity index (χ1) is 19.6. The molecule has 42 heavy (non-hydrogen) atoms. The zero-order valence-corrected chi connectivity index (χ0v) is 25.9. The molecule has 1 aliphatic rings. The van der Waals surface area contributed by atoms with Crippen LogP contribution in [0.1, 0.15) is 37.8 Å². The van der Waals surface area contributed by atoms with E-state index in [4.69, 9.17) is 57.9 Å². The number of anilines is 2. The summed E-state index contributed by atoms with van der Waals surface area (Å²) < 4.78 is 30.0. The summed E-state index contributed by atoms with van der Waals surface area (Å²) in [4.78, 5) is 59.5. The first-order valence-electron chi connectivity index (χ1n) is 12.2. The van der Waals surface area contributed by atoms with Crippen LogP contribution in [0, 0.1) is 6.92 Å². The lowest BCUT2D eigenvalue weighted by molar-refractivity contribution is -0.0407. The van der Waals surface area contributed by atoms with E-state index in [1.807, 2.05) is 0 Å². The lowest BCUT2D eigenvalue weighted by Crippen LogP contribution is -2.30. The van der Waals surface area contributed by atoms with E-state index in [1.165, 1.54) is 31.1 Å². The summed E-state index contributed by atoms with van der Waals surface area (Å²) in [6.07, 6.45) is -2.29. The van der Waals surface area contributed by atoms with Crippen molar-refractivity contribution in [2.24, 2.45) is 0 Å². The van der Waals surface area contributed by atoms with Crippen LogP contribution < -0.4 is 22.7 Å². The molecule has 4 unspecified atom stereocenters. The molecule has 1 fully saturated rings. The fourth-order valence-corrected chi connectivity index (χ4v) is 6.71. The molecule has 0 saturated carbocycles. The van der Waals surface area contributed by atoms with E-state index in [9.17, 15) is 24.5 Å². The highest BCUT2D eigenvalue weighted by molar-refractivity contribution is 8.07. The van der Waals surface area contributed by atoms with Crippen molar-refractivity contribution < 1.29 is 37.7 Å². The summed E-state index contributed by atoms with van der Waals surface area (Å²) >= 11 is 10.1. The molecule has 1 saturated heterocycles. The van der Waals surface area contributed by atoms with Crippen molar-refractivity contribution >= 4 is 60.0 Å².